The minimum Gasteiger partial charge on any atom is -0.376 e. The largest absolute Gasteiger partial charge is 0.376 e. The van der Waals surface area contributed by atoms with Crippen molar-refractivity contribution < 1.29 is 4.79 Å². The number of carbonyl (C=O) groups excluding carboxylic acids is 1. The van der Waals surface area contributed by atoms with Gasteiger partial charge in [0.15, 0.2) is 0 Å². The summed E-state index contributed by atoms with van der Waals surface area (Å²) >= 11 is 0. The van der Waals surface area contributed by atoms with Gasteiger partial charge in [-0.05, 0) is 12.1 Å². The standard InChI is InChI=1S/C14H18N4O/c1-17-9-8-15-13(17)11-18(2)14(19)10-16-12-6-4-3-5-7-12/h3-9,16H,10-11H2,1-2H3. The molecule has 1 heterocycles. The molecule has 1 N–H and O–H groups in total. The van der Waals surface area contributed by atoms with Crippen LogP contribution in [0.4, 0.5) is 5.69 Å². The smallest absolute Gasteiger partial charge is 0.242 e. The highest BCUT2D eigenvalue weighted by molar-refractivity contribution is 5.80. The number of hydrogen-bond donors (Lipinski definition) is 1. The Labute approximate surface area is 112 Å². The summed E-state index contributed by atoms with van der Waals surface area (Å²) in [5.41, 5.74) is 0.946. The van der Waals surface area contributed by atoms with Crippen LogP contribution in [0, 0.1) is 0 Å². The van der Waals surface area contributed by atoms with Crippen molar-refractivity contribution in [3.8, 4) is 0 Å². The number of aromatic nitrogens is 2. The number of nitrogens with one attached hydrogen (secondary N) is 1. The van der Waals surface area contributed by atoms with Crippen molar-refractivity contribution in [2.75, 3.05) is 18.9 Å². The number of rotatable bonds is 5. The van der Waals surface area contributed by atoms with E-state index >= 15 is 0 Å². The lowest BCUT2D eigenvalue weighted by Gasteiger charge is -2.17. The fraction of sp³-hybridized carbons (Fsp3) is 0.286. The van der Waals surface area contributed by atoms with Gasteiger partial charge in [0.25, 0.3) is 0 Å². The van der Waals surface area contributed by atoms with Crippen molar-refractivity contribution in [3.05, 3.63) is 48.5 Å². The Balaban J connectivity index is 1.84. The van der Waals surface area contributed by atoms with Crippen molar-refractivity contribution in [1.82, 2.24) is 14.5 Å². The average Bonchev–Trinajstić information content (AvgIpc) is 2.82. The van der Waals surface area contributed by atoms with Crippen LogP contribution < -0.4 is 5.32 Å². The number of aryl methyl sites for hydroxylation is 1. The van der Waals surface area contributed by atoms with Crippen molar-refractivity contribution in [3.63, 3.8) is 0 Å². The number of carbonyl (C=O) groups is 1. The molecule has 1 aromatic carbocycles. The highest BCUT2D eigenvalue weighted by Crippen LogP contribution is 2.05. The summed E-state index contributed by atoms with van der Waals surface area (Å²) in [7, 11) is 3.70. The number of imidazole rings is 1. The van der Waals surface area contributed by atoms with Gasteiger partial charge >= 0.3 is 0 Å². The van der Waals surface area contributed by atoms with Crippen molar-refractivity contribution in [1.29, 1.82) is 0 Å². The fourth-order valence-electron chi connectivity index (χ4n) is 1.72. The van der Waals surface area contributed by atoms with E-state index in [0.717, 1.165) is 11.5 Å². The number of benzene rings is 1. The maximum atomic E-state index is 12.0. The summed E-state index contributed by atoms with van der Waals surface area (Å²) in [5.74, 6) is 0.905. The molecular formula is C14H18N4O. The third kappa shape index (κ3) is 3.58. The van der Waals surface area contributed by atoms with E-state index in [2.05, 4.69) is 10.3 Å². The summed E-state index contributed by atoms with van der Waals surface area (Å²) in [4.78, 5) is 17.9. The van der Waals surface area contributed by atoms with Gasteiger partial charge in [0.05, 0.1) is 13.1 Å². The average molecular weight is 258 g/mol. The molecule has 5 nitrogen and oxygen atoms in total. The predicted molar refractivity (Wildman–Crippen MR) is 74.6 cm³/mol. The summed E-state index contributed by atoms with van der Waals surface area (Å²) in [6.07, 6.45) is 3.60. The molecule has 0 saturated heterocycles. The molecule has 0 atom stereocenters. The van der Waals surface area contributed by atoms with E-state index in [1.165, 1.54) is 0 Å². The minimum absolute atomic E-state index is 0.0341. The van der Waals surface area contributed by atoms with Crippen LogP contribution in [0.25, 0.3) is 0 Å². The summed E-state index contributed by atoms with van der Waals surface area (Å²) in [6.45, 7) is 0.795. The van der Waals surface area contributed by atoms with Crippen LogP contribution in [-0.2, 0) is 18.4 Å². The lowest BCUT2D eigenvalue weighted by molar-refractivity contribution is -0.128. The normalized spacial score (nSPS) is 10.2. The Bertz CT molecular complexity index is 535. The lowest BCUT2D eigenvalue weighted by atomic mass is 10.3. The number of hydrogen-bond acceptors (Lipinski definition) is 3. The molecule has 0 aliphatic heterocycles. The molecule has 0 saturated carbocycles. The van der Waals surface area contributed by atoms with Crippen molar-refractivity contribution >= 4 is 11.6 Å². The van der Waals surface area contributed by atoms with Crippen LogP contribution in [0.5, 0.6) is 0 Å². The first-order valence-electron chi connectivity index (χ1n) is 6.16. The quantitative estimate of drug-likeness (QED) is 0.884. The van der Waals surface area contributed by atoms with Crippen LogP contribution in [0.3, 0.4) is 0 Å². The van der Waals surface area contributed by atoms with Gasteiger partial charge in [-0.2, -0.15) is 0 Å². The zero-order valence-electron chi connectivity index (χ0n) is 11.2. The maximum Gasteiger partial charge on any atom is 0.242 e. The van der Waals surface area contributed by atoms with E-state index in [0.29, 0.717) is 6.54 Å². The molecule has 0 fully saturated rings. The zero-order chi connectivity index (χ0) is 13.7. The Hall–Kier alpha value is -2.30. The highest BCUT2D eigenvalue weighted by atomic mass is 16.2. The number of likely N-dealkylation sites (N-methyl/N-ethyl adjacent to an activating group) is 1. The van der Waals surface area contributed by atoms with E-state index in [4.69, 9.17) is 0 Å². The van der Waals surface area contributed by atoms with E-state index < -0.39 is 0 Å². The highest BCUT2D eigenvalue weighted by Gasteiger charge is 2.11. The van der Waals surface area contributed by atoms with Gasteiger partial charge in [-0.15, -0.1) is 0 Å². The monoisotopic (exact) mass is 258 g/mol. The minimum atomic E-state index is 0.0341. The molecule has 0 aliphatic carbocycles. The molecular weight excluding hydrogens is 240 g/mol. The van der Waals surface area contributed by atoms with E-state index in [9.17, 15) is 4.79 Å². The predicted octanol–water partition coefficient (Wildman–Crippen LogP) is 1.49. The molecule has 100 valence electrons. The molecule has 2 aromatic rings. The number of para-hydroxylation sites is 1. The topological polar surface area (TPSA) is 50.2 Å². The number of amides is 1. The second kappa shape index (κ2) is 6.04. The van der Waals surface area contributed by atoms with Gasteiger partial charge < -0.3 is 14.8 Å². The second-order valence-corrected chi connectivity index (χ2v) is 4.42. The van der Waals surface area contributed by atoms with Gasteiger partial charge in [0.1, 0.15) is 5.82 Å². The number of nitrogens with zero attached hydrogens (tertiary/aromatic N) is 3. The first kappa shape index (κ1) is 13.1. The SMILES string of the molecule is CN(Cc1nccn1C)C(=O)CNc1ccccc1. The van der Waals surface area contributed by atoms with Crippen LogP contribution in [0.2, 0.25) is 0 Å². The summed E-state index contributed by atoms with van der Waals surface area (Å²) < 4.78 is 1.91. The molecule has 0 unspecified atom stereocenters. The molecule has 0 bridgehead atoms. The van der Waals surface area contributed by atoms with Crippen LogP contribution in [0.1, 0.15) is 5.82 Å². The van der Waals surface area contributed by atoms with E-state index in [1.807, 2.05) is 48.1 Å². The van der Waals surface area contributed by atoms with Gasteiger partial charge in [0.2, 0.25) is 5.91 Å². The van der Waals surface area contributed by atoms with Gasteiger partial charge in [-0.3, -0.25) is 4.79 Å². The molecule has 2 rings (SSSR count). The van der Waals surface area contributed by atoms with Crippen molar-refractivity contribution in [2.24, 2.45) is 7.05 Å². The molecule has 0 radical (unpaired) electrons. The van der Waals surface area contributed by atoms with E-state index in [-0.39, 0.29) is 12.5 Å². The molecule has 1 amide bonds. The Morgan fingerprint density at radius 2 is 2.11 bits per heavy atom. The van der Waals surface area contributed by atoms with Gasteiger partial charge in [-0.1, -0.05) is 18.2 Å². The maximum absolute atomic E-state index is 12.0. The first-order valence-corrected chi connectivity index (χ1v) is 6.16. The van der Waals surface area contributed by atoms with E-state index in [1.54, 1.807) is 18.1 Å². The molecule has 5 heteroatoms. The summed E-state index contributed by atoms with van der Waals surface area (Å²) in [5, 5.41) is 3.10. The zero-order valence-corrected chi connectivity index (χ0v) is 11.2. The van der Waals surface area contributed by atoms with Crippen molar-refractivity contribution in [2.45, 2.75) is 6.54 Å². The fourth-order valence-corrected chi connectivity index (χ4v) is 1.72. The lowest BCUT2D eigenvalue weighted by Crippen LogP contribution is -2.32. The van der Waals surface area contributed by atoms with Crippen LogP contribution >= 0.6 is 0 Å². The molecule has 1 aromatic heterocycles. The molecule has 0 spiro atoms. The summed E-state index contributed by atoms with van der Waals surface area (Å²) in [6, 6.07) is 9.69. The Morgan fingerprint density at radius 1 is 1.37 bits per heavy atom. The molecule has 0 aliphatic rings. The first-order chi connectivity index (χ1) is 9.16. The van der Waals surface area contributed by atoms with Crippen LogP contribution in [0.15, 0.2) is 42.7 Å². The Kier molecular flexibility index (Phi) is 4.18. The molecule has 19 heavy (non-hydrogen) atoms. The van der Waals surface area contributed by atoms with Gasteiger partial charge in [-0.25, -0.2) is 4.98 Å². The third-order valence-electron chi connectivity index (χ3n) is 2.94. The van der Waals surface area contributed by atoms with Crippen LogP contribution in [-0.4, -0.2) is 34.0 Å². The second-order valence-electron chi connectivity index (χ2n) is 4.42. The Morgan fingerprint density at radius 3 is 2.74 bits per heavy atom. The van der Waals surface area contributed by atoms with Gasteiger partial charge in [0, 0.05) is 32.2 Å². The number of anilines is 1. The third-order valence-corrected chi connectivity index (χ3v) is 2.94.